The van der Waals surface area contributed by atoms with E-state index in [1.807, 2.05) is 6.07 Å². The first kappa shape index (κ1) is 14.7. The zero-order valence-electron chi connectivity index (χ0n) is 11.5. The lowest BCUT2D eigenvalue weighted by atomic mass is 10.2. The van der Waals surface area contributed by atoms with E-state index in [1.54, 1.807) is 18.3 Å². The number of aromatic amines is 1. The summed E-state index contributed by atoms with van der Waals surface area (Å²) in [4.78, 5) is 12.3. The van der Waals surface area contributed by atoms with Gasteiger partial charge in [-0.2, -0.15) is 5.10 Å². The van der Waals surface area contributed by atoms with Crippen molar-refractivity contribution >= 4 is 45.7 Å². The number of halogens is 2. The number of aromatic nitrogens is 2. The predicted molar refractivity (Wildman–Crippen MR) is 87.1 cm³/mol. The summed E-state index contributed by atoms with van der Waals surface area (Å²) in [5.74, 6) is 0.0653. The molecule has 1 aromatic heterocycles. The fourth-order valence-electron chi connectivity index (χ4n) is 2.07. The summed E-state index contributed by atoms with van der Waals surface area (Å²) in [6, 6.07) is 8.43. The van der Waals surface area contributed by atoms with Gasteiger partial charge < -0.3 is 10.1 Å². The number of anilines is 1. The topological polar surface area (TPSA) is 67.0 Å². The molecule has 3 rings (SSSR count). The molecule has 0 aliphatic carbocycles. The molecule has 2 N–H and O–H groups in total. The van der Waals surface area contributed by atoms with Crippen molar-refractivity contribution in [3.63, 3.8) is 0 Å². The Balaban J connectivity index is 1.89. The Labute approximate surface area is 136 Å². The van der Waals surface area contributed by atoms with Crippen molar-refractivity contribution in [2.45, 2.75) is 0 Å². The van der Waals surface area contributed by atoms with E-state index in [0.29, 0.717) is 16.5 Å². The fraction of sp³-hybridized carbons (Fsp3) is 0.0667. The molecule has 2 aromatic carbocycles. The third-order valence-corrected chi connectivity index (χ3v) is 3.79. The zero-order valence-corrected chi connectivity index (χ0v) is 13.0. The monoisotopic (exact) mass is 335 g/mol. The van der Waals surface area contributed by atoms with Crippen LogP contribution >= 0.6 is 23.2 Å². The van der Waals surface area contributed by atoms with Gasteiger partial charge in [0.25, 0.3) is 5.91 Å². The zero-order chi connectivity index (χ0) is 15.7. The second-order valence-electron chi connectivity index (χ2n) is 4.59. The van der Waals surface area contributed by atoms with E-state index in [9.17, 15) is 4.79 Å². The van der Waals surface area contributed by atoms with Crippen LogP contribution in [0.4, 0.5) is 5.69 Å². The number of ether oxygens (including phenoxy) is 1. The summed E-state index contributed by atoms with van der Waals surface area (Å²) >= 11 is 12.1. The Morgan fingerprint density at radius 2 is 2.05 bits per heavy atom. The van der Waals surface area contributed by atoms with Crippen LogP contribution in [-0.2, 0) is 0 Å². The van der Waals surface area contributed by atoms with Gasteiger partial charge in [-0.05, 0) is 24.3 Å². The van der Waals surface area contributed by atoms with Crippen LogP contribution < -0.4 is 10.1 Å². The largest absolute Gasteiger partial charge is 0.495 e. The second kappa shape index (κ2) is 5.87. The molecule has 0 bridgehead atoms. The molecule has 0 aliphatic rings. The number of hydrogen-bond donors (Lipinski definition) is 2. The number of nitrogens with one attached hydrogen (secondary N) is 2. The van der Waals surface area contributed by atoms with E-state index >= 15 is 0 Å². The number of rotatable bonds is 3. The smallest absolute Gasteiger partial charge is 0.257 e. The number of carbonyl (C=O) groups is 1. The molecule has 0 aliphatic heterocycles. The summed E-state index contributed by atoms with van der Waals surface area (Å²) in [7, 11) is 1.48. The number of carbonyl (C=O) groups excluding carboxylic acids is 1. The van der Waals surface area contributed by atoms with Crippen molar-refractivity contribution in [1.29, 1.82) is 0 Å². The Kier molecular flexibility index (Phi) is 3.92. The van der Waals surface area contributed by atoms with E-state index in [-0.39, 0.29) is 16.5 Å². The Morgan fingerprint density at radius 1 is 1.23 bits per heavy atom. The van der Waals surface area contributed by atoms with Gasteiger partial charge in [-0.15, -0.1) is 0 Å². The second-order valence-corrected chi connectivity index (χ2v) is 5.41. The van der Waals surface area contributed by atoms with Crippen LogP contribution in [0.1, 0.15) is 10.4 Å². The number of methoxy groups -OCH3 is 1. The van der Waals surface area contributed by atoms with Gasteiger partial charge in [0.05, 0.1) is 34.4 Å². The number of amides is 1. The quantitative estimate of drug-likeness (QED) is 0.756. The molecular formula is C15H11Cl2N3O2. The molecule has 22 heavy (non-hydrogen) atoms. The predicted octanol–water partition coefficient (Wildman–Crippen LogP) is 4.13. The molecular weight excluding hydrogens is 325 g/mol. The molecule has 0 atom stereocenters. The maximum absolute atomic E-state index is 12.3. The SMILES string of the molecule is COc1cc(Cl)c(C(=O)Nc2ccc3cn[nH]c3c2)cc1Cl. The van der Waals surface area contributed by atoms with Crippen molar-refractivity contribution in [1.82, 2.24) is 10.2 Å². The van der Waals surface area contributed by atoms with E-state index in [0.717, 1.165) is 10.9 Å². The number of nitrogens with zero attached hydrogens (tertiary/aromatic N) is 1. The minimum Gasteiger partial charge on any atom is -0.495 e. The van der Waals surface area contributed by atoms with Gasteiger partial charge in [0.1, 0.15) is 5.75 Å². The van der Waals surface area contributed by atoms with Gasteiger partial charge in [0.15, 0.2) is 0 Å². The molecule has 1 heterocycles. The normalized spacial score (nSPS) is 10.7. The van der Waals surface area contributed by atoms with Crippen molar-refractivity contribution < 1.29 is 9.53 Å². The average Bonchev–Trinajstić information content (AvgIpc) is 2.96. The summed E-state index contributed by atoms with van der Waals surface area (Å²) in [6.45, 7) is 0. The van der Waals surface area contributed by atoms with Crippen LogP contribution in [0.15, 0.2) is 36.5 Å². The van der Waals surface area contributed by atoms with Crippen LogP contribution in [0.25, 0.3) is 10.9 Å². The molecule has 3 aromatic rings. The van der Waals surface area contributed by atoms with Crippen LogP contribution in [0.5, 0.6) is 5.75 Å². The molecule has 1 amide bonds. The minimum atomic E-state index is -0.353. The van der Waals surface area contributed by atoms with Gasteiger partial charge in [-0.25, -0.2) is 0 Å². The van der Waals surface area contributed by atoms with Crippen LogP contribution in [0.3, 0.4) is 0 Å². The first-order valence-corrected chi connectivity index (χ1v) is 7.11. The van der Waals surface area contributed by atoms with Crippen LogP contribution in [0.2, 0.25) is 10.0 Å². The summed E-state index contributed by atoms with van der Waals surface area (Å²) in [6.07, 6.45) is 1.71. The standard InChI is InChI=1S/C15H11Cl2N3O2/c1-22-14-6-11(16)10(5-12(14)17)15(21)19-9-3-2-8-7-18-20-13(8)4-9/h2-7H,1H3,(H,18,20)(H,19,21). The number of H-pyrrole nitrogens is 1. The van der Waals surface area contributed by atoms with Gasteiger partial charge in [-0.3, -0.25) is 9.89 Å². The third kappa shape index (κ3) is 2.73. The molecule has 0 radical (unpaired) electrons. The third-order valence-electron chi connectivity index (χ3n) is 3.19. The van der Waals surface area contributed by atoms with Crippen molar-refractivity contribution in [2.75, 3.05) is 12.4 Å². The molecule has 0 unspecified atom stereocenters. The highest BCUT2D eigenvalue weighted by Gasteiger charge is 2.15. The van der Waals surface area contributed by atoms with E-state index in [4.69, 9.17) is 27.9 Å². The number of fused-ring (bicyclic) bond motifs is 1. The van der Waals surface area contributed by atoms with E-state index in [2.05, 4.69) is 15.5 Å². The highest BCUT2D eigenvalue weighted by Crippen LogP contribution is 2.31. The van der Waals surface area contributed by atoms with Crippen molar-refractivity contribution in [2.24, 2.45) is 0 Å². The van der Waals surface area contributed by atoms with Crippen molar-refractivity contribution in [3.05, 3.63) is 52.1 Å². The van der Waals surface area contributed by atoms with Crippen LogP contribution in [0, 0.1) is 0 Å². The Morgan fingerprint density at radius 3 is 2.82 bits per heavy atom. The Bertz CT molecular complexity index is 861. The van der Waals surface area contributed by atoms with E-state index in [1.165, 1.54) is 19.2 Å². The van der Waals surface area contributed by atoms with Gasteiger partial charge in [0, 0.05) is 17.1 Å². The molecule has 0 spiro atoms. The maximum atomic E-state index is 12.3. The van der Waals surface area contributed by atoms with Gasteiger partial charge >= 0.3 is 0 Å². The summed E-state index contributed by atoms with van der Waals surface area (Å²) < 4.78 is 5.06. The highest BCUT2D eigenvalue weighted by atomic mass is 35.5. The van der Waals surface area contributed by atoms with Crippen LogP contribution in [-0.4, -0.2) is 23.2 Å². The maximum Gasteiger partial charge on any atom is 0.257 e. The minimum absolute atomic E-state index is 0.265. The van der Waals surface area contributed by atoms with E-state index < -0.39 is 0 Å². The number of hydrogen-bond acceptors (Lipinski definition) is 3. The molecule has 5 nitrogen and oxygen atoms in total. The number of benzene rings is 2. The molecule has 112 valence electrons. The Hall–Kier alpha value is -2.24. The lowest BCUT2D eigenvalue weighted by Crippen LogP contribution is -2.12. The first-order chi connectivity index (χ1) is 10.6. The average molecular weight is 336 g/mol. The van der Waals surface area contributed by atoms with Gasteiger partial charge in [-0.1, -0.05) is 23.2 Å². The molecule has 0 saturated heterocycles. The van der Waals surface area contributed by atoms with Gasteiger partial charge in [0.2, 0.25) is 0 Å². The lowest BCUT2D eigenvalue weighted by molar-refractivity contribution is 0.102. The fourth-order valence-corrected chi connectivity index (χ4v) is 2.55. The molecule has 7 heteroatoms. The summed E-state index contributed by atoms with van der Waals surface area (Å²) in [5.41, 5.74) is 1.73. The molecule has 0 fully saturated rings. The first-order valence-electron chi connectivity index (χ1n) is 6.36. The highest BCUT2D eigenvalue weighted by molar-refractivity contribution is 6.37. The molecule has 0 saturated carbocycles. The summed E-state index contributed by atoms with van der Waals surface area (Å²) in [5, 5.41) is 11.1. The van der Waals surface area contributed by atoms with Crippen molar-refractivity contribution in [3.8, 4) is 5.75 Å². The lowest BCUT2D eigenvalue weighted by Gasteiger charge is -2.10.